The van der Waals surface area contributed by atoms with Crippen LogP contribution in [-0.2, 0) is 37.9 Å². The molecule has 538 valence electrons. The third-order valence-corrected chi connectivity index (χ3v) is 27.8. The van der Waals surface area contributed by atoms with Crippen LogP contribution in [-0.4, -0.2) is 0 Å². The molecule has 0 saturated carbocycles. The van der Waals surface area contributed by atoms with Gasteiger partial charge in [-0.2, -0.15) is 0 Å². The molecule has 0 saturated heterocycles. The van der Waals surface area contributed by atoms with Crippen molar-refractivity contribution in [2.75, 3.05) is 9.80 Å². The minimum Gasteiger partial charge on any atom is -0.310 e. The highest BCUT2D eigenvalue weighted by Gasteiger charge is 2.44. The largest absolute Gasteiger partial charge is 0.310 e. The van der Waals surface area contributed by atoms with E-state index >= 15 is 0 Å². The number of benzene rings is 14. The van der Waals surface area contributed by atoms with E-state index in [2.05, 4.69) is 410 Å². The highest BCUT2D eigenvalue weighted by Crippen LogP contribution is 2.60. The molecule has 0 aromatic heterocycles. The van der Waals surface area contributed by atoms with Crippen LogP contribution in [0.5, 0.6) is 0 Å². The van der Waals surface area contributed by atoms with E-state index in [0.29, 0.717) is 0 Å². The Labute approximate surface area is 655 Å². The number of hydrogen-bond donors (Lipinski definition) is 0. The van der Waals surface area contributed by atoms with E-state index in [9.17, 15) is 0 Å². The third-order valence-electron chi connectivity index (χ3n) is 27.8. The molecule has 21 rings (SSSR count). The Hall–Kier alpha value is -11.8. The van der Waals surface area contributed by atoms with Gasteiger partial charge in [0.2, 0.25) is 0 Å². The predicted molar refractivity (Wildman–Crippen MR) is 469 cm³/mol. The SMILES string of the molecule is CC1(C)c2cc(C=Cc3ccc4c(c3)C(C)(C)c3cc(N(c5ccc6c(c5)C(C)(C)c5ccccc5-6)c5ccc6c(c5)C(C)(C)c5ccccc5-6)ccc3-4)ccc2-c2ccc(C=Cc3ccc4c(c3)C(C)(C)c3cc(N(c5ccc6c(c5)C(C)(C)c5ccccc5-6)c5ccc6c(c5)C(C)(C)c5ccccc5-6)ccc3-4)cc21. The Bertz CT molecular complexity index is 5890. The van der Waals surface area contributed by atoms with Crippen LogP contribution in [0.1, 0.15) is 197 Å². The second-order valence-corrected chi connectivity index (χ2v) is 36.5. The first-order chi connectivity index (χ1) is 53.3. The molecule has 0 atom stereocenters. The molecule has 0 spiro atoms. The summed E-state index contributed by atoms with van der Waals surface area (Å²) in [4.78, 5) is 5.06. The van der Waals surface area contributed by atoms with E-state index in [4.69, 9.17) is 0 Å². The van der Waals surface area contributed by atoms with Gasteiger partial charge in [0, 0.05) is 72.0 Å². The van der Waals surface area contributed by atoms with Crippen molar-refractivity contribution >= 4 is 58.4 Å². The average Bonchev–Trinajstić information content (AvgIpc) is 1.59. The van der Waals surface area contributed by atoms with E-state index in [0.717, 1.165) is 0 Å². The first-order valence-corrected chi connectivity index (χ1v) is 40.1. The predicted octanol–water partition coefficient (Wildman–Crippen LogP) is 29.1. The van der Waals surface area contributed by atoms with E-state index in [1.165, 1.54) is 212 Å². The van der Waals surface area contributed by atoms with Crippen LogP contribution in [0.15, 0.2) is 279 Å². The van der Waals surface area contributed by atoms with Crippen molar-refractivity contribution in [2.45, 2.75) is 135 Å². The van der Waals surface area contributed by atoms with Crippen LogP contribution in [0, 0.1) is 0 Å². The third kappa shape index (κ3) is 9.56. The molecule has 14 aromatic rings. The quantitative estimate of drug-likeness (QED) is 0.126. The monoisotopic (exact) mass is 1430 g/mol. The van der Waals surface area contributed by atoms with Crippen molar-refractivity contribution < 1.29 is 0 Å². The van der Waals surface area contributed by atoms with E-state index in [1.54, 1.807) is 0 Å². The van der Waals surface area contributed by atoms with E-state index in [-0.39, 0.29) is 37.9 Å². The summed E-state index contributed by atoms with van der Waals surface area (Å²) in [6.45, 7) is 33.6. The molecule has 2 nitrogen and oxygen atoms in total. The maximum Gasteiger partial charge on any atom is 0.0465 e. The van der Waals surface area contributed by atoms with Gasteiger partial charge in [0.1, 0.15) is 0 Å². The summed E-state index contributed by atoms with van der Waals surface area (Å²) in [7, 11) is 0. The van der Waals surface area contributed by atoms with Crippen molar-refractivity contribution in [3.8, 4) is 77.9 Å². The highest BCUT2D eigenvalue weighted by atomic mass is 15.1. The van der Waals surface area contributed by atoms with Gasteiger partial charge in [-0.1, -0.05) is 327 Å². The molecule has 0 bridgehead atoms. The maximum atomic E-state index is 2.53. The molecule has 2 heteroatoms. The Morgan fingerprint density at radius 1 is 0.153 bits per heavy atom. The number of fused-ring (bicyclic) bond motifs is 21. The van der Waals surface area contributed by atoms with Gasteiger partial charge in [0.05, 0.1) is 0 Å². The zero-order chi connectivity index (χ0) is 75.9. The van der Waals surface area contributed by atoms with Gasteiger partial charge in [-0.05, 0) is 251 Å². The fourth-order valence-corrected chi connectivity index (χ4v) is 21.6. The molecular weight excluding hydrogens is 1340 g/mol. The Kier molecular flexibility index (Phi) is 14.0. The van der Waals surface area contributed by atoms with Gasteiger partial charge in [-0.15, -0.1) is 0 Å². The number of nitrogens with zero attached hydrogens (tertiary/aromatic N) is 2. The molecule has 111 heavy (non-hydrogen) atoms. The van der Waals surface area contributed by atoms with Crippen molar-refractivity contribution in [2.24, 2.45) is 0 Å². The average molecular weight is 1430 g/mol. The molecule has 0 amide bonds. The lowest BCUT2D eigenvalue weighted by Crippen LogP contribution is -2.19. The molecular formula is C109H92N2. The van der Waals surface area contributed by atoms with Gasteiger partial charge in [-0.25, -0.2) is 0 Å². The number of anilines is 6. The molecule has 0 unspecified atom stereocenters. The molecule has 0 N–H and O–H groups in total. The van der Waals surface area contributed by atoms with Crippen LogP contribution >= 0.6 is 0 Å². The van der Waals surface area contributed by atoms with Gasteiger partial charge < -0.3 is 9.80 Å². The highest BCUT2D eigenvalue weighted by molar-refractivity contribution is 5.95. The summed E-state index contributed by atoms with van der Waals surface area (Å²) in [5.41, 5.74) is 48.4. The van der Waals surface area contributed by atoms with Crippen molar-refractivity contribution in [1.29, 1.82) is 0 Å². The molecule has 0 radical (unpaired) electrons. The summed E-state index contributed by atoms with van der Waals surface area (Å²) < 4.78 is 0. The summed E-state index contributed by atoms with van der Waals surface area (Å²) in [5.74, 6) is 0. The molecule has 0 aliphatic heterocycles. The fourth-order valence-electron chi connectivity index (χ4n) is 21.6. The molecule has 7 aliphatic rings. The molecule has 0 fully saturated rings. The summed E-state index contributed by atoms with van der Waals surface area (Å²) in [6, 6.07) is 108. The Morgan fingerprint density at radius 3 is 0.486 bits per heavy atom. The summed E-state index contributed by atoms with van der Waals surface area (Å²) in [5, 5.41) is 0. The van der Waals surface area contributed by atoms with Gasteiger partial charge in [0.15, 0.2) is 0 Å². The Balaban J connectivity index is 0.546. The minimum atomic E-state index is -0.245. The van der Waals surface area contributed by atoms with Gasteiger partial charge in [-0.3, -0.25) is 0 Å². The number of hydrogen-bond acceptors (Lipinski definition) is 2. The zero-order valence-corrected chi connectivity index (χ0v) is 66.3. The van der Waals surface area contributed by atoms with Crippen LogP contribution in [0.25, 0.3) is 102 Å². The molecule has 7 aliphatic carbocycles. The van der Waals surface area contributed by atoms with E-state index < -0.39 is 0 Å². The van der Waals surface area contributed by atoms with Crippen LogP contribution in [0.4, 0.5) is 34.1 Å². The van der Waals surface area contributed by atoms with Gasteiger partial charge >= 0.3 is 0 Å². The van der Waals surface area contributed by atoms with Crippen molar-refractivity contribution in [3.05, 3.63) is 379 Å². The Morgan fingerprint density at radius 2 is 0.297 bits per heavy atom. The number of rotatable bonds is 10. The minimum absolute atomic E-state index is 0.134. The first-order valence-electron chi connectivity index (χ1n) is 40.1. The lowest BCUT2D eigenvalue weighted by atomic mass is 9.81. The molecule has 0 heterocycles. The molecule has 14 aromatic carbocycles. The van der Waals surface area contributed by atoms with Crippen molar-refractivity contribution in [1.82, 2.24) is 0 Å². The second kappa shape index (κ2) is 23.1. The lowest BCUT2D eigenvalue weighted by Gasteiger charge is -2.31. The summed E-state index contributed by atoms with van der Waals surface area (Å²) in [6.07, 6.45) is 9.29. The van der Waals surface area contributed by atoms with Crippen LogP contribution in [0.2, 0.25) is 0 Å². The topological polar surface area (TPSA) is 6.48 Å². The van der Waals surface area contributed by atoms with Crippen molar-refractivity contribution in [3.63, 3.8) is 0 Å². The standard InChI is InChI=1S/C109H92N2/c1-103(2)89-27-19-15-23-75(89)83-49-39-69(59-97(83)103)110(70-40-50-84-76-24-16-20-28-90(76)104(3,4)98(84)60-70)73-43-53-87-81-47-37-67(57-95(81)108(11,12)101(87)63-73)33-31-65-35-45-79-80-46-36-66(56-94(80)107(9,10)93(79)55-65)32-34-68-38-48-82-88-54-44-74(64-102(88)109(13,14)96(82)58-68)111(71-41-51-85-77-25-17-21-29-91(77)105(5,6)99(85)61-71)72-42-52-86-78-26-18-22-30-92(78)106(7,8)100(86)62-72/h15-64H,1-14H3. The normalized spacial score (nSPS) is 16.8. The maximum absolute atomic E-state index is 2.53. The van der Waals surface area contributed by atoms with Crippen LogP contribution in [0.3, 0.4) is 0 Å². The van der Waals surface area contributed by atoms with Gasteiger partial charge in [0.25, 0.3) is 0 Å². The van der Waals surface area contributed by atoms with E-state index in [1.807, 2.05) is 0 Å². The lowest BCUT2D eigenvalue weighted by molar-refractivity contribution is 0.659. The first kappa shape index (κ1) is 67.3. The van der Waals surface area contributed by atoms with Crippen LogP contribution < -0.4 is 9.80 Å². The smallest absolute Gasteiger partial charge is 0.0465 e. The summed E-state index contributed by atoms with van der Waals surface area (Å²) >= 11 is 0. The zero-order valence-electron chi connectivity index (χ0n) is 66.3. The fraction of sp³-hybridized carbons (Fsp3) is 0.193. The second-order valence-electron chi connectivity index (χ2n) is 36.5.